The van der Waals surface area contributed by atoms with Crippen LogP contribution in [0.5, 0.6) is 0 Å². The van der Waals surface area contributed by atoms with Gasteiger partial charge in [0.15, 0.2) is 11.5 Å². The lowest BCUT2D eigenvalue weighted by atomic mass is 10.0. The number of fused-ring (bicyclic) bond motifs is 1. The molecule has 3 heterocycles. The van der Waals surface area contributed by atoms with E-state index in [-0.39, 0.29) is 23.5 Å². The molecular weight excluding hydrogens is 382 g/mol. The van der Waals surface area contributed by atoms with E-state index in [2.05, 4.69) is 44.1 Å². The van der Waals surface area contributed by atoms with Crippen molar-refractivity contribution < 1.29 is 4.79 Å². The molecule has 9 nitrogen and oxygen atoms in total. The van der Waals surface area contributed by atoms with Gasteiger partial charge in [-0.15, -0.1) is 0 Å². The number of hydrogen-bond acceptors (Lipinski definition) is 7. The molecule has 0 fully saturated rings. The Balaban J connectivity index is 1.53. The third-order valence-corrected chi connectivity index (χ3v) is 4.55. The molecule has 0 saturated heterocycles. The second-order valence-corrected chi connectivity index (χ2v) is 7.02. The molecule has 1 aromatic carbocycles. The van der Waals surface area contributed by atoms with Crippen LogP contribution in [-0.4, -0.2) is 35.4 Å². The molecule has 0 radical (unpaired) electrons. The van der Waals surface area contributed by atoms with Crippen molar-refractivity contribution in [2.45, 2.75) is 26.3 Å². The van der Waals surface area contributed by atoms with Crippen LogP contribution < -0.4 is 10.9 Å². The van der Waals surface area contributed by atoms with Crippen molar-refractivity contribution in [2.24, 2.45) is 0 Å². The Morgan fingerprint density at radius 1 is 1.07 bits per heavy atom. The van der Waals surface area contributed by atoms with Crippen molar-refractivity contribution in [1.29, 1.82) is 0 Å². The first-order valence-corrected chi connectivity index (χ1v) is 9.39. The van der Waals surface area contributed by atoms with E-state index in [4.69, 9.17) is 0 Å². The van der Waals surface area contributed by atoms with Crippen LogP contribution >= 0.6 is 0 Å². The minimum atomic E-state index is -0.393. The van der Waals surface area contributed by atoms with Crippen molar-refractivity contribution in [3.8, 4) is 11.5 Å². The molecule has 0 aliphatic heterocycles. The average molecular weight is 401 g/mol. The summed E-state index contributed by atoms with van der Waals surface area (Å²) >= 11 is 0. The molecule has 0 aliphatic rings. The molecule has 0 spiro atoms. The predicted octanol–water partition coefficient (Wildman–Crippen LogP) is 2.41. The fourth-order valence-electron chi connectivity index (χ4n) is 2.91. The number of hydrogen-bond donors (Lipinski definition) is 1. The van der Waals surface area contributed by atoms with E-state index in [0.29, 0.717) is 23.1 Å². The minimum absolute atomic E-state index is 0.167. The van der Waals surface area contributed by atoms with Gasteiger partial charge in [-0.3, -0.25) is 19.1 Å². The van der Waals surface area contributed by atoms with E-state index in [9.17, 15) is 9.59 Å². The van der Waals surface area contributed by atoms with Crippen LogP contribution in [0.1, 0.15) is 25.3 Å². The number of carbonyl (C=O) groups excluding carboxylic acids is 1. The van der Waals surface area contributed by atoms with E-state index in [0.717, 1.165) is 0 Å². The second kappa shape index (κ2) is 8.16. The maximum Gasteiger partial charge on any atom is 0.264 e. The normalized spacial score (nSPS) is 11.0. The summed E-state index contributed by atoms with van der Waals surface area (Å²) in [5, 5.41) is 3.01. The Hall–Kier alpha value is -4.01. The van der Waals surface area contributed by atoms with E-state index < -0.39 is 5.56 Å². The van der Waals surface area contributed by atoms with Crippen molar-refractivity contribution >= 4 is 22.6 Å². The van der Waals surface area contributed by atoms with Crippen molar-refractivity contribution in [3.63, 3.8) is 0 Å². The van der Waals surface area contributed by atoms with Crippen LogP contribution in [-0.2, 0) is 11.3 Å². The molecule has 4 rings (SSSR count). The van der Waals surface area contributed by atoms with Gasteiger partial charge in [0.05, 0.1) is 6.20 Å². The molecule has 150 valence electrons. The fourth-order valence-corrected chi connectivity index (χ4v) is 2.91. The molecule has 0 unspecified atom stereocenters. The number of nitrogens with one attached hydrogen (secondary N) is 1. The average Bonchev–Trinajstić information content (AvgIpc) is 2.76. The zero-order valence-corrected chi connectivity index (χ0v) is 16.5. The fraction of sp³-hybridized carbons (Fsp3) is 0.190. The molecule has 4 aromatic rings. The third-order valence-electron chi connectivity index (χ3n) is 4.55. The zero-order valence-electron chi connectivity index (χ0n) is 16.5. The maximum absolute atomic E-state index is 12.7. The van der Waals surface area contributed by atoms with Crippen molar-refractivity contribution in [1.82, 2.24) is 29.5 Å². The van der Waals surface area contributed by atoms with E-state index in [1.165, 1.54) is 35.0 Å². The van der Waals surface area contributed by atoms with Gasteiger partial charge in [-0.1, -0.05) is 26.0 Å². The van der Waals surface area contributed by atoms with Gasteiger partial charge >= 0.3 is 0 Å². The molecule has 0 aliphatic carbocycles. The monoisotopic (exact) mass is 401 g/mol. The van der Waals surface area contributed by atoms with Gasteiger partial charge in [0.1, 0.15) is 24.0 Å². The Kier molecular flexibility index (Phi) is 5.25. The van der Waals surface area contributed by atoms with Crippen molar-refractivity contribution in [3.05, 3.63) is 71.3 Å². The van der Waals surface area contributed by atoms with Gasteiger partial charge in [0.2, 0.25) is 5.91 Å². The first-order valence-electron chi connectivity index (χ1n) is 9.39. The number of benzene rings is 1. The Bertz CT molecular complexity index is 1250. The highest BCUT2D eigenvalue weighted by Gasteiger charge is 2.12. The van der Waals surface area contributed by atoms with Gasteiger partial charge in [-0.2, -0.15) is 0 Å². The summed E-state index contributed by atoms with van der Waals surface area (Å²) < 4.78 is 1.23. The number of aromatic nitrogens is 6. The Labute approximate surface area is 171 Å². The Morgan fingerprint density at radius 2 is 1.87 bits per heavy atom. The smallest absolute Gasteiger partial charge is 0.264 e. The molecule has 1 amide bonds. The molecule has 30 heavy (non-hydrogen) atoms. The number of carbonyl (C=O) groups is 1. The zero-order chi connectivity index (χ0) is 21.1. The summed E-state index contributed by atoms with van der Waals surface area (Å²) in [6.45, 7) is 4.04. The quantitative estimate of drug-likeness (QED) is 0.546. The lowest BCUT2D eigenvalue weighted by molar-refractivity contribution is -0.116. The van der Waals surface area contributed by atoms with Crippen molar-refractivity contribution in [2.75, 3.05) is 5.32 Å². The number of amides is 1. The van der Waals surface area contributed by atoms with Gasteiger partial charge in [0.25, 0.3) is 5.56 Å². The summed E-state index contributed by atoms with van der Waals surface area (Å²) in [6.07, 6.45) is 7.30. The van der Waals surface area contributed by atoms with Crippen LogP contribution in [0, 0.1) is 0 Å². The second-order valence-electron chi connectivity index (χ2n) is 7.02. The highest BCUT2D eigenvalue weighted by molar-refractivity contribution is 5.90. The maximum atomic E-state index is 12.7. The summed E-state index contributed by atoms with van der Waals surface area (Å²) in [4.78, 5) is 45.9. The molecular formula is C21H19N7O2. The molecule has 1 N–H and O–H groups in total. The third kappa shape index (κ3) is 4.04. The summed E-state index contributed by atoms with van der Waals surface area (Å²) in [5.41, 5.74) is 2.17. The van der Waals surface area contributed by atoms with Crippen LogP contribution in [0.15, 0.2) is 60.2 Å². The standard InChI is InChI=1S/C21H19N7O2/c1-13(2)14-3-5-15(6-4-14)26-18(29)11-28-12-25-19-16(21(28)30)9-24-20(27-19)17-10-22-7-8-23-17/h3-10,12-13H,11H2,1-2H3,(H,26,29). The SMILES string of the molecule is CC(C)c1ccc(NC(=O)Cn2cnc3nc(-c4cnccn4)ncc3c2=O)cc1. The number of anilines is 1. The van der Waals surface area contributed by atoms with E-state index in [1.54, 1.807) is 6.20 Å². The van der Waals surface area contributed by atoms with E-state index >= 15 is 0 Å². The van der Waals surface area contributed by atoms with E-state index in [1.807, 2.05) is 24.3 Å². The van der Waals surface area contributed by atoms with Gasteiger partial charge in [-0.05, 0) is 23.6 Å². The van der Waals surface area contributed by atoms with Crippen LogP contribution in [0.4, 0.5) is 5.69 Å². The highest BCUT2D eigenvalue weighted by Crippen LogP contribution is 2.17. The molecule has 9 heteroatoms. The van der Waals surface area contributed by atoms with Crippen LogP contribution in [0.3, 0.4) is 0 Å². The van der Waals surface area contributed by atoms with Crippen LogP contribution in [0.2, 0.25) is 0 Å². The predicted molar refractivity (Wildman–Crippen MR) is 112 cm³/mol. The minimum Gasteiger partial charge on any atom is -0.325 e. The largest absolute Gasteiger partial charge is 0.325 e. The highest BCUT2D eigenvalue weighted by atomic mass is 16.2. The van der Waals surface area contributed by atoms with Gasteiger partial charge in [-0.25, -0.2) is 19.9 Å². The number of rotatable bonds is 5. The lowest BCUT2D eigenvalue weighted by Crippen LogP contribution is -2.28. The molecule has 0 atom stereocenters. The summed E-state index contributed by atoms with van der Waals surface area (Å²) in [7, 11) is 0. The van der Waals surface area contributed by atoms with Gasteiger partial charge in [0, 0.05) is 24.3 Å². The molecule has 0 saturated carbocycles. The first-order chi connectivity index (χ1) is 14.5. The van der Waals surface area contributed by atoms with Crippen LogP contribution in [0.25, 0.3) is 22.6 Å². The number of nitrogens with zero attached hydrogens (tertiary/aromatic N) is 6. The molecule has 3 aromatic heterocycles. The topological polar surface area (TPSA) is 116 Å². The summed E-state index contributed by atoms with van der Waals surface area (Å²) in [5.74, 6) is 0.407. The first kappa shape index (κ1) is 19.3. The summed E-state index contributed by atoms with van der Waals surface area (Å²) in [6, 6.07) is 7.62. The lowest BCUT2D eigenvalue weighted by Gasteiger charge is -2.10. The molecule has 0 bridgehead atoms. The van der Waals surface area contributed by atoms with Gasteiger partial charge < -0.3 is 5.32 Å². The Morgan fingerprint density at radius 3 is 2.57 bits per heavy atom.